The van der Waals surface area contributed by atoms with Crippen molar-refractivity contribution in [3.05, 3.63) is 70.6 Å². The van der Waals surface area contributed by atoms with E-state index in [1.54, 1.807) is 6.07 Å². The number of hydrogen-bond donors (Lipinski definition) is 2. The molecule has 2 aromatic heterocycles. The van der Waals surface area contributed by atoms with Crippen LogP contribution in [0.5, 0.6) is 5.75 Å². The topological polar surface area (TPSA) is 103 Å². The number of carbonyl (C=O) groups excluding carboxylic acids is 1. The Bertz CT molecular complexity index is 1080. The molecule has 0 aliphatic heterocycles. The van der Waals surface area contributed by atoms with Crippen molar-refractivity contribution in [2.75, 3.05) is 13.2 Å². The highest BCUT2D eigenvalue weighted by atomic mass is 32.1. The molecule has 3 N–H and O–H groups in total. The Labute approximate surface area is 178 Å². The van der Waals surface area contributed by atoms with Gasteiger partial charge in [-0.25, -0.2) is 0 Å². The predicted octanol–water partition coefficient (Wildman–Crippen LogP) is 3.63. The van der Waals surface area contributed by atoms with Crippen molar-refractivity contribution in [3.8, 4) is 17.0 Å². The zero-order chi connectivity index (χ0) is 21.5. The maximum atomic E-state index is 12.6. The molecular weight excluding hydrogens is 400 g/mol. The number of carbonyl (C=O) groups is 1. The molecule has 1 aromatic carbocycles. The first-order valence-corrected chi connectivity index (χ1v) is 10.5. The Morgan fingerprint density at radius 3 is 2.67 bits per heavy atom. The molecule has 0 unspecified atom stereocenters. The minimum Gasteiger partial charge on any atom is -0.506 e. The second-order valence-electron chi connectivity index (χ2n) is 6.45. The molecule has 30 heavy (non-hydrogen) atoms. The standard InChI is InChI=1S/C22H24N4O3S/c1-3-29-18-8-5-16(6-9-18)20-14-30-22(26(20)12-4-11-23)25-21(28)17-7-10-19(15(2)27)24-13-17/h5-10,13-14,27H,2-4,11-12,23H2,1H3. The third kappa shape index (κ3) is 5.03. The molecule has 0 saturated carbocycles. The number of hydrogen-bond acceptors (Lipinski definition) is 6. The summed E-state index contributed by atoms with van der Waals surface area (Å²) in [6.07, 6.45) is 2.14. The quantitative estimate of drug-likeness (QED) is 0.538. The molecule has 3 aromatic rings. The Morgan fingerprint density at radius 1 is 1.30 bits per heavy atom. The van der Waals surface area contributed by atoms with Crippen molar-refractivity contribution in [3.63, 3.8) is 0 Å². The van der Waals surface area contributed by atoms with Crippen molar-refractivity contribution in [1.82, 2.24) is 9.55 Å². The maximum Gasteiger partial charge on any atom is 0.281 e. The molecule has 156 valence electrons. The largest absolute Gasteiger partial charge is 0.506 e. The van der Waals surface area contributed by atoms with E-state index in [9.17, 15) is 9.90 Å². The molecule has 0 bridgehead atoms. The lowest BCUT2D eigenvalue weighted by molar-refractivity contribution is 0.0997. The number of aliphatic hydroxyl groups excluding tert-OH is 1. The van der Waals surface area contributed by atoms with Crippen LogP contribution in [0.4, 0.5) is 0 Å². The summed E-state index contributed by atoms with van der Waals surface area (Å²) in [4.78, 5) is 21.6. The number of thiazole rings is 1. The van der Waals surface area contributed by atoms with E-state index in [4.69, 9.17) is 10.5 Å². The van der Waals surface area contributed by atoms with Crippen molar-refractivity contribution in [2.45, 2.75) is 19.9 Å². The smallest absolute Gasteiger partial charge is 0.281 e. The summed E-state index contributed by atoms with van der Waals surface area (Å²) in [5.74, 6) is 0.259. The predicted molar refractivity (Wildman–Crippen MR) is 118 cm³/mol. The van der Waals surface area contributed by atoms with Gasteiger partial charge in [-0.15, -0.1) is 11.3 Å². The van der Waals surface area contributed by atoms with Gasteiger partial charge in [-0.1, -0.05) is 6.58 Å². The van der Waals surface area contributed by atoms with E-state index in [-0.39, 0.29) is 5.76 Å². The van der Waals surface area contributed by atoms with Crippen molar-refractivity contribution < 1.29 is 14.6 Å². The summed E-state index contributed by atoms with van der Waals surface area (Å²) in [6, 6.07) is 10.9. The first kappa shape index (κ1) is 21.5. The lowest BCUT2D eigenvalue weighted by Crippen LogP contribution is -2.20. The average Bonchev–Trinajstić information content (AvgIpc) is 3.15. The molecule has 7 nitrogen and oxygen atoms in total. The number of amides is 1. The summed E-state index contributed by atoms with van der Waals surface area (Å²) in [6.45, 7) is 7.16. The van der Waals surface area contributed by atoms with E-state index in [0.717, 1.165) is 23.4 Å². The highest BCUT2D eigenvalue weighted by molar-refractivity contribution is 7.07. The Morgan fingerprint density at radius 2 is 2.07 bits per heavy atom. The van der Waals surface area contributed by atoms with Crippen LogP contribution < -0.4 is 15.3 Å². The van der Waals surface area contributed by atoms with E-state index in [1.807, 2.05) is 41.1 Å². The van der Waals surface area contributed by atoms with Gasteiger partial charge in [0.1, 0.15) is 17.2 Å². The molecule has 0 saturated heterocycles. The number of rotatable bonds is 8. The molecule has 0 spiro atoms. The fraction of sp³-hybridized carbons (Fsp3) is 0.227. The van der Waals surface area contributed by atoms with Crippen LogP contribution in [0.1, 0.15) is 29.4 Å². The van der Waals surface area contributed by atoms with Gasteiger partial charge in [-0.3, -0.25) is 9.78 Å². The van der Waals surface area contributed by atoms with Gasteiger partial charge < -0.3 is 20.1 Å². The van der Waals surface area contributed by atoms with Gasteiger partial charge in [0.05, 0.1) is 17.9 Å². The normalized spacial score (nSPS) is 11.5. The lowest BCUT2D eigenvalue weighted by Gasteiger charge is -2.09. The van der Waals surface area contributed by atoms with Gasteiger partial charge in [0.2, 0.25) is 0 Å². The first-order chi connectivity index (χ1) is 14.5. The average molecular weight is 425 g/mol. The van der Waals surface area contributed by atoms with Crippen molar-refractivity contribution in [1.29, 1.82) is 0 Å². The van der Waals surface area contributed by atoms with Gasteiger partial charge in [-0.2, -0.15) is 4.99 Å². The molecule has 8 heteroatoms. The lowest BCUT2D eigenvalue weighted by atomic mass is 10.1. The molecule has 0 aliphatic rings. The monoisotopic (exact) mass is 424 g/mol. The molecule has 1 amide bonds. The zero-order valence-corrected chi connectivity index (χ0v) is 17.6. The van der Waals surface area contributed by atoms with Gasteiger partial charge >= 0.3 is 0 Å². The summed E-state index contributed by atoms with van der Waals surface area (Å²) in [5, 5.41) is 11.4. The fourth-order valence-corrected chi connectivity index (χ4v) is 3.78. The number of ether oxygens (including phenoxy) is 1. The summed E-state index contributed by atoms with van der Waals surface area (Å²) >= 11 is 1.40. The minimum absolute atomic E-state index is 0.149. The van der Waals surface area contributed by atoms with Crippen molar-refractivity contribution in [2.24, 2.45) is 10.7 Å². The van der Waals surface area contributed by atoms with Crippen LogP contribution in [-0.2, 0) is 6.54 Å². The van der Waals surface area contributed by atoms with Crippen molar-refractivity contribution >= 4 is 23.0 Å². The number of nitrogens with zero attached hydrogens (tertiary/aromatic N) is 3. The summed E-state index contributed by atoms with van der Waals surface area (Å²) < 4.78 is 7.51. The van der Waals surface area contributed by atoms with E-state index in [0.29, 0.717) is 35.8 Å². The third-order valence-corrected chi connectivity index (χ3v) is 5.21. The first-order valence-electron chi connectivity index (χ1n) is 9.58. The molecule has 2 heterocycles. The highest BCUT2D eigenvalue weighted by Crippen LogP contribution is 2.23. The number of aromatic nitrogens is 2. The van der Waals surface area contributed by atoms with Crippen LogP contribution in [0.25, 0.3) is 17.0 Å². The van der Waals surface area contributed by atoms with E-state index < -0.39 is 5.91 Å². The third-order valence-electron chi connectivity index (χ3n) is 4.35. The summed E-state index contributed by atoms with van der Waals surface area (Å²) in [7, 11) is 0. The van der Waals surface area contributed by atoms with Crippen LogP contribution in [0.2, 0.25) is 0 Å². The highest BCUT2D eigenvalue weighted by Gasteiger charge is 2.11. The molecule has 0 radical (unpaired) electrons. The van der Waals surface area contributed by atoms with Gasteiger partial charge in [-0.05, 0) is 61.9 Å². The SMILES string of the molecule is C=C(O)c1ccc(C(=O)N=c2scc(-c3ccc(OCC)cc3)n2CCCN)cn1. The minimum atomic E-state index is -0.404. The second kappa shape index (κ2) is 10.00. The molecule has 0 aliphatic carbocycles. The zero-order valence-electron chi connectivity index (χ0n) is 16.7. The van der Waals surface area contributed by atoms with Crippen LogP contribution in [0.3, 0.4) is 0 Å². The molecule has 0 atom stereocenters. The Hall–Kier alpha value is -3.23. The maximum absolute atomic E-state index is 12.6. The molecule has 3 rings (SSSR count). The van der Waals surface area contributed by atoms with Crippen LogP contribution in [0, 0.1) is 0 Å². The van der Waals surface area contributed by atoms with Gasteiger partial charge in [0, 0.05) is 18.1 Å². The Balaban J connectivity index is 1.95. The van der Waals surface area contributed by atoms with E-state index >= 15 is 0 Å². The molecule has 0 fully saturated rings. The second-order valence-corrected chi connectivity index (χ2v) is 7.29. The molecular formula is C22H24N4O3S. The van der Waals surface area contributed by atoms with Crippen LogP contribution in [-0.4, -0.2) is 33.7 Å². The number of aliphatic hydroxyl groups is 1. The summed E-state index contributed by atoms with van der Waals surface area (Å²) in [5.41, 5.74) is 8.33. The van der Waals surface area contributed by atoms with E-state index in [1.165, 1.54) is 23.6 Å². The van der Waals surface area contributed by atoms with Crippen LogP contribution >= 0.6 is 11.3 Å². The Kier molecular flexibility index (Phi) is 7.16. The van der Waals surface area contributed by atoms with Crippen LogP contribution in [0.15, 0.2) is 59.5 Å². The number of nitrogens with two attached hydrogens (primary N) is 1. The van der Waals surface area contributed by atoms with Gasteiger partial charge in [0.15, 0.2) is 4.80 Å². The van der Waals surface area contributed by atoms with Gasteiger partial charge in [0.25, 0.3) is 5.91 Å². The number of benzene rings is 1. The number of pyridine rings is 1. The fourth-order valence-electron chi connectivity index (χ4n) is 2.85. The van der Waals surface area contributed by atoms with E-state index in [2.05, 4.69) is 16.6 Å².